The maximum absolute atomic E-state index is 11.5. The highest BCUT2D eigenvalue weighted by Crippen LogP contribution is 2.36. The lowest BCUT2D eigenvalue weighted by Gasteiger charge is -2.05. The van der Waals surface area contributed by atoms with Crippen LogP contribution in [0.4, 0.5) is 22.7 Å². The van der Waals surface area contributed by atoms with Gasteiger partial charge in [-0.1, -0.05) is 41.4 Å². The van der Waals surface area contributed by atoms with Gasteiger partial charge >= 0.3 is 11.7 Å². The number of rotatable bonds is 10. The van der Waals surface area contributed by atoms with E-state index < -0.39 is 38.4 Å². The summed E-state index contributed by atoms with van der Waals surface area (Å²) in [6.45, 7) is 0. The highest BCUT2D eigenvalue weighted by molar-refractivity contribution is 6.42. The van der Waals surface area contributed by atoms with Crippen LogP contribution in [0.15, 0.2) is 64.8 Å². The molecule has 35 heavy (non-hydrogen) atoms. The first-order valence-corrected chi connectivity index (χ1v) is 11.1. The Morgan fingerprint density at radius 3 is 2.03 bits per heavy atom. The summed E-state index contributed by atoms with van der Waals surface area (Å²) in [6, 6.07) is 13.9. The summed E-state index contributed by atoms with van der Waals surface area (Å²) in [7, 11) is 0. The molecule has 0 aromatic heterocycles. The fourth-order valence-electron chi connectivity index (χ4n) is 3.31. The van der Waals surface area contributed by atoms with E-state index in [-0.39, 0.29) is 0 Å². The number of non-ortho nitro benzene ring substituents is 1. The van der Waals surface area contributed by atoms with Gasteiger partial charge in [0.1, 0.15) is 5.56 Å². The van der Waals surface area contributed by atoms with Crippen molar-refractivity contribution in [2.24, 2.45) is 10.2 Å². The predicted octanol–water partition coefficient (Wildman–Crippen LogP) is 7.49. The van der Waals surface area contributed by atoms with E-state index in [0.29, 0.717) is 27.9 Å². The number of hydrogen-bond acceptors (Lipinski definition) is 7. The largest absolute Gasteiger partial charge is 0.478 e. The number of halogens is 2. The van der Waals surface area contributed by atoms with Crippen molar-refractivity contribution in [2.75, 3.05) is 0 Å². The first kappa shape index (κ1) is 25.7. The van der Waals surface area contributed by atoms with Crippen molar-refractivity contribution in [3.63, 3.8) is 0 Å². The number of carbonyl (C=O) groups is 1. The van der Waals surface area contributed by atoms with Crippen LogP contribution in [-0.2, 0) is 12.8 Å². The molecule has 0 bridgehead atoms. The lowest BCUT2D eigenvalue weighted by Crippen LogP contribution is -2.02. The van der Waals surface area contributed by atoms with Crippen molar-refractivity contribution in [3.05, 3.63) is 102 Å². The van der Waals surface area contributed by atoms with Crippen LogP contribution in [0.25, 0.3) is 0 Å². The van der Waals surface area contributed by atoms with Gasteiger partial charge in [-0.15, -0.1) is 5.11 Å². The zero-order valence-electron chi connectivity index (χ0n) is 18.1. The highest BCUT2D eigenvalue weighted by Gasteiger charge is 2.27. The molecule has 0 unspecified atom stereocenters. The van der Waals surface area contributed by atoms with Gasteiger partial charge in [0, 0.05) is 6.07 Å². The molecule has 0 radical (unpaired) electrons. The molecule has 0 fully saturated rings. The molecule has 3 aromatic rings. The highest BCUT2D eigenvalue weighted by atomic mass is 35.5. The second-order valence-corrected chi connectivity index (χ2v) is 8.32. The number of benzene rings is 3. The van der Waals surface area contributed by atoms with Crippen LogP contribution in [0.5, 0.6) is 0 Å². The number of nitro benzene ring substituents is 2. The Labute approximate surface area is 209 Å². The number of carboxylic acids is 1. The predicted molar refractivity (Wildman–Crippen MR) is 130 cm³/mol. The third kappa shape index (κ3) is 6.81. The van der Waals surface area contributed by atoms with Crippen LogP contribution in [0, 0.1) is 20.2 Å². The fourth-order valence-corrected chi connectivity index (χ4v) is 3.63. The molecular formula is C23H18Cl2N4O6. The van der Waals surface area contributed by atoms with Gasteiger partial charge in [0.2, 0.25) is 0 Å². The minimum Gasteiger partial charge on any atom is -0.478 e. The number of hydrogen-bond donors (Lipinski definition) is 1. The van der Waals surface area contributed by atoms with Gasteiger partial charge in [0.05, 0.1) is 31.6 Å². The first-order chi connectivity index (χ1) is 16.7. The van der Waals surface area contributed by atoms with Crippen LogP contribution < -0.4 is 0 Å². The van der Waals surface area contributed by atoms with Gasteiger partial charge < -0.3 is 5.11 Å². The average Bonchev–Trinajstić information content (AvgIpc) is 2.82. The summed E-state index contributed by atoms with van der Waals surface area (Å²) < 4.78 is 0. The van der Waals surface area contributed by atoms with Crippen LogP contribution >= 0.6 is 23.2 Å². The summed E-state index contributed by atoms with van der Waals surface area (Å²) in [4.78, 5) is 32.0. The van der Waals surface area contributed by atoms with E-state index in [1.807, 2.05) is 24.3 Å². The Kier molecular flexibility index (Phi) is 8.45. The zero-order chi connectivity index (χ0) is 25.5. The lowest BCUT2D eigenvalue weighted by atomic mass is 10.0. The molecule has 0 heterocycles. The minimum atomic E-state index is -1.60. The molecule has 0 amide bonds. The van der Waals surface area contributed by atoms with Crippen LogP contribution in [0.1, 0.15) is 34.3 Å². The number of nitrogens with zero attached hydrogens (tertiary/aromatic N) is 4. The molecule has 1 N–H and O–H groups in total. The molecule has 3 rings (SSSR count). The third-order valence-corrected chi connectivity index (χ3v) is 5.82. The van der Waals surface area contributed by atoms with E-state index in [0.717, 1.165) is 36.8 Å². The number of unbranched alkanes of at least 4 members (excludes halogenated alkanes) is 1. The Hall–Kier alpha value is -3.89. The van der Waals surface area contributed by atoms with Gasteiger partial charge in [0.25, 0.3) is 5.69 Å². The maximum Gasteiger partial charge on any atom is 0.338 e. The van der Waals surface area contributed by atoms with E-state index in [4.69, 9.17) is 23.2 Å². The van der Waals surface area contributed by atoms with E-state index in [9.17, 15) is 30.1 Å². The smallest absolute Gasteiger partial charge is 0.338 e. The number of azo groups is 1. The molecule has 0 spiro atoms. The SMILES string of the molecule is O=C(O)c1cc([N+](=O)[O-])cc([N+](=O)[O-])c1N=Nc1ccc(CCCCc2ccc(Cl)c(Cl)c2)cc1. The quantitative estimate of drug-likeness (QED) is 0.127. The molecule has 0 aliphatic carbocycles. The minimum absolute atomic E-state index is 0.341. The summed E-state index contributed by atoms with van der Waals surface area (Å²) in [5.74, 6) is -1.60. The molecule has 180 valence electrons. The van der Waals surface area contributed by atoms with Gasteiger partial charge in [-0.2, -0.15) is 5.11 Å². The molecular weight excluding hydrogens is 499 g/mol. The van der Waals surface area contributed by atoms with Gasteiger partial charge in [-0.25, -0.2) is 4.79 Å². The van der Waals surface area contributed by atoms with Crippen molar-refractivity contribution < 1.29 is 19.7 Å². The van der Waals surface area contributed by atoms with E-state index >= 15 is 0 Å². The standard InChI is InChI=1S/C23H18Cl2N4O6/c24-19-10-7-15(11-20(19)25)4-2-1-3-14-5-8-16(9-6-14)26-27-22-18(23(30)31)12-17(28(32)33)13-21(22)29(34)35/h5-13H,1-4H2,(H,30,31). The average molecular weight is 517 g/mol. The monoisotopic (exact) mass is 516 g/mol. The Morgan fingerprint density at radius 2 is 1.46 bits per heavy atom. The number of aryl methyl sites for hydroxylation is 2. The van der Waals surface area contributed by atoms with Crippen LogP contribution in [0.2, 0.25) is 10.0 Å². The molecule has 3 aromatic carbocycles. The number of nitro groups is 2. The van der Waals surface area contributed by atoms with E-state index in [1.165, 1.54) is 0 Å². The fraction of sp³-hybridized carbons (Fsp3) is 0.174. The Balaban J connectivity index is 1.68. The second-order valence-electron chi connectivity index (χ2n) is 7.50. The summed E-state index contributed by atoms with van der Waals surface area (Å²) in [5.41, 5.74) is -0.307. The molecule has 10 nitrogen and oxygen atoms in total. The molecule has 0 saturated heterocycles. The third-order valence-electron chi connectivity index (χ3n) is 5.08. The van der Waals surface area contributed by atoms with Gasteiger partial charge in [0.15, 0.2) is 5.69 Å². The van der Waals surface area contributed by atoms with Crippen LogP contribution in [0.3, 0.4) is 0 Å². The first-order valence-electron chi connectivity index (χ1n) is 10.3. The summed E-state index contributed by atoms with van der Waals surface area (Å²) in [5, 5.41) is 40.4. The van der Waals surface area contributed by atoms with E-state index in [2.05, 4.69) is 10.2 Å². The van der Waals surface area contributed by atoms with Crippen molar-refractivity contribution in [1.29, 1.82) is 0 Å². The number of aromatic carboxylic acids is 1. The topological polar surface area (TPSA) is 148 Å². The number of carboxylic acid groups (broad SMARTS) is 1. The maximum atomic E-state index is 11.5. The molecule has 0 atom stereocenters. The van der Waals surface area contributed by atoms with Crippen molar-refractivity contribution in [3.8, 4) is 0 Å². The molecule has 12 heteroatoms. The zero-order valence-corrected chi connectivity index (χ0v) is 19.6. The summed E-state index contributed by atoms with van der Waals surface area (Å²) in [6.07, 6.45) is 3.55. The van der Waals surface area contributed by atoms with Gasteiger partial charge in [-0.3, -0.25) is 20.2 Å². The van der Waals surface area contributed by atoms with Crippen molar-refractivity contribution >= 4 is 51.9 Å². The van der Waals surface area contributed by atoms with Gasteiger partial charge in [-0.05, 0) is 61.1 Å². The van der Waals surface area contributed by atoms with Crippen LogP contribution in [-0.4, -0.2) is 20.9 Å². The molecule has 0 aliphatic rings. The second kappa shape index (κ2) is 11.5. The van der Waals surface area contributed by atoms with E-state index in [1.54, 1.807) is 18.2 Å². The van der Waals surface area contributed by atoms with Crippen molar-refractivity contribution in [1.82, 2.24) is 0 Å². The lowest BCUT2D eigenvalue weighted by molar-refractivity contribution is -0.393. The Bertz CT molecular complexity index is 1280. The normalized spacial score (nSPS) is 11.0. The molecule has 0 aliphatic heterocycles. The summed E-state index contributed by atoms with van der Waals surface area (Å²) >= 11 is 12.0. The Morgan fingerprint density at radius 1 is 0.829 bits per heavy atom. The molecule has 0 saturated carbocycles. The van der Waals surface area contributed by atoms with Crippen molar-refractivity contribution in [2.45, 2.75) is 25.7 Å².